The molecule has 10 nitrogen and oxygen atoms in total. The first-order chi connectivity index (χ1) is 13.8. The van der Waals surface area contributed by atoms with Gasteiger partial charge in [-0.2, -0.15) is 9.36 Å². The molecule has 3 aromatic rings. The lowest BCUT2D eigenvalue weighted by Crippen LogP contribution is -2.25. The number of ketones is 1. The minimum absolute atomic E-state index is 0.0314. The van der Waals surface area contributed by atoms with Gasteiger partial charge in [0.15, 0.2) is 5.78 Å². The smallest absolute Gasteiger partial charge is 0.368 e. The lowest BCUT2D eigenvalue weighted by molar-refractivity contribution is 0.101. The second-order valence-corrected chi connectivity index (χ2v) is 7.80. The van der Waals surface area contributed by atoms with Gasteiger partial charge in [-0.1, -0.05) is 12.1 Å². The number of rotatable bonds is 8. The number of sulfonamides is 1. The van der Waals surface area contributed by atoms with Gasteiger partial charge in [-0.05, 0) is 53.7 Å². The molecule has 29 heavy (non-hydrogen) atoms. The van der Waals surface area contributed by atoms with Crippen LogP contribution in [0.1, 0.15) is 17.3 Å². The molecule has 0 spiro atoms. The van der Waals surface area contributed by atoms with Gasteiger partial charge in [0.2, 0.25) is 0 Å². The van der Waals surface area contributed by atoms with E-state index >= 15 is 0 Å². The van der Waals surface area contributed by atoms with Crippen molar-refractivity contribution in [2.24, 2.45) is 0 Å². The van der Waals surface area contributed by atoms with Gasteiger partial charge in [0, 0.05) is 18.4 Å². The highest BCUT2D eigenvalue weighted by molar-refractivity contribution is 7.92. The molecule has 3 rings (SSSR count). The molecule has 1 N–H and O–H groups in total. The number of carbonyl (C=O) groups is 1. The van der Waals surface area contributed by atoms with Gasteiger partial charge < -0.3 is 4.74 Å². The van der Waals surface area contributed by atoms with Crippen LogP contribution in [-0.2, 0) is 21.3 Å². The van der Waals surface area contributed by atoms with Crippen molar-refractivity contribution in [1.82, 2.24) is 19.8 Å². The van der Waals surface area contributed by atoms with E-state index in [4.69, 9.17) is 4.74 Å². The van der Waals surface area contributed by atoms with Gasteiger partial charge in [0.05, 0.1) is 23.7 Å². The van der Waals surface area contributed by atoms with E-state index in [0.29, 0.717) is 23.5 Å². The molecular weight excluding hydrogens is 398 g/mol. The van der Waals surface area contributed by atoms with E-state index in [1.165, 1.54) is 55.1 Å². The van der Waals surface area contributed by atoms with E-state index in [1.807, 2.05) is 0 Å². The average Bonchev–Trinajstić information content (AvgIpc) is 3.07. The molecule has 1 aromatic heterocycles. The Hall–Kier alpha value is -3.31. The van der Waals surface area contributed by atoms with Crippen LogP contribution in [0.4, 0.5) is 5.69 Å². The summed E-state index contributed by atoms with van der Waals surface area (Å²) >= 11 is 0. The fourth-order valence-corrected chi connectivity index (χ4v) is 3.57. The predicted octanol–water partition coefficient (Wildman–Crippen LogP) is 1.08. The number of hydrogen-bond donors (Lipinski definition) is 1. The van der Waals surface area contributed by atoms with Crippen LogP contribution in [0.25, 0.3) is 5.69 Å². The molecule has 0 aliphatic rings. The maximum absolute atomic E-state index is 12.5. The molecule has 0 fully saturated rings. The summed E-state index contributed by atoms with van der Waals surface area (Å²) < 4.78 is 34.7. The zero-order valence-corrected chi connectivity index (χ0v) is 16.6. The predicted molar refractivity (Wildman–Crippen MR) is 105 cm³/mol. The summed E-state index contributed by atoms with van der Waals surface area (Å²) in [5.74, 6) is -0.146. The van der Waals surface area contributed by atoms with Crippen molar-refractivity contribution in [1.29, 1.82) is 0 Å². The van der Waals surface area contributed by atoms with Crippen molar-refractivity contribution in [3.63, 3.8) is 0 Å². The first-order valence-corrected chi connectivity index (χ1v) is 10.1. The van der Waals surface area contributed by atoms with Crippen molar-refractivity contribution in [2.45, 2.75) is 18.4 Å². The third-order valence-electron chi connectivity index (χ3n) is 4.08. The summed E-state index contributed by atoms with van der Waals surface area (Å²) in [7, 11) is -2.30. The lowest BCUT2D eigenvalue weighted by atomic mass is 10.2. The van der Waals surface area contributed by atoms with Gasteiger partial charge in [-0.25, -0.2) is 13.2 Å². The molecule has 11 heteroatoms. The van der Waals surface area contributed by atoms with E-state index in [-0.39, 0.29) is 17.2 Å². The molecule has 0 unspecified atom stereocenters. The Bertz CT molecular complexity index is 1160. The van der Waals surface area contributed by atoms with Crippen molar-refractivity contribution in [3.05, 3.63) is 64.6 Å². The van der Waals surface area contributed by atoms with Crippen LogP contribution in [0.3, 0.4) is 0 Å². The Labute approximate surface area is 166 Å². The fraction of sp³-hybridized carbons (Fsp3) is 0.222. The van der Waals surface area contributed by atoms with Crippen LogP contribution in [0.15, 0.2) is 58.2 Å². The van der Waals surface area contributed by atoms with E-state index < -0.39 is 15.7 Å². The minimum atomic E-state index is -3.82. The van der Waals surface area contributed by atoms with Crippen LogP contribution in [-0.4, -0.2) is 47.7 Å². The van der Waals surface area contributed by atoms with E-state index in [2.05, 4.69) is 15.1 Å². The molecule has 0 radical (unpaired) electrons. The number of aromatic nitrogens is 4. The Kier molecular flexibility index (Phi) is 5.89. The second kappa shape index (κ2) is 8.37. The Morgan fingerprint density at radius 2 is 1.72 bits per heavy atom. The monoisotopic (exact) mass is 417 g/mol. The van der Waals surface area contributed by atoms with E-state index in [1.54, 1.807) is 12.1 Å². The SMILES string of the molecule is COCCn1nnn(-c2ccc(NS(=O)(=O)c3ccc(C(C)=O)cc3)cc2)c1=O. The molecular formula is C18H19N5O5S. The molecule has 1 heterocycles. The number of Topliss-reactive ketones (excluding diaryl/α,β-unsaturated/α-hetero) is 1. The van der Waals surface area contributed by atoms with Gasteiger partial charge in [0.25, 0.3) is 10.0 Å². The zero-order chi connectivity index (χ0) is 21.0. The quantitative estimate of drug-likeness (QED) is 0.544. The van der Waals surface area contributed by atoms with Crippen molar-refractivity contribution < 1.29 is 17.9 Å². The number of tetrazole rings is 1. The van der Waals surface area contributed by atoms with Gasteiger partial charge in [-0.15, -0.1) is 0 Å². The Balaban J connectivity index is 1.77. The Morgan fingerprint density at radius 3 is 2.31 bits per heavy atom. The summed E-state index contributed by atoms with van der Waals surface area (Å²) in [6, 6.07) is 11.8. The summed E-state index contributed by atoms with van der Waals surface area (Å²) in [5, 5.41) is 7.58. The summed E-state index contributed by atoms with van der Waals surface area (Å²) in [4.78, 5) is 23.6. The van der Waals surface area contributed by atoms with Crippen molar-refractivity contribution in [3.8, 4) is 5.69 Å². The second-order valence-electron chi connectivity index (χ2n) is 6.12. The van der Waals surface area contributed by atoms with Crippen LogP contribution in [0.2, 0.25) is 0 Å². The molecule has 0 aliphatic heterocycles. The molecule has 0 saturated carbocycles. The van der Waals surface area contributed by atoms with E-state index in [9.17, 15) is 18.0 Å². The average molecular weight is 417 g/mol. The number of nitrogens with one attached hydrogen (secondary N) is 1. The van der Waals surface area contributed by atoms with Gasteiger partial charge in [0.1, 0.15) is 0 Å². The number of methoxy groups -OCH3 is 1. The molecule has 0 saturated heterocycles. The largest absolute Gasteiger partial charge is 0.383 e. The highest BCUT2D eigenvalue weighted by Gasteiger charge is 2.15. The Morgan fingerprint density at radius 1 is 1.07 bits per heavy atom. The topological polar surface area (TPSA) is 125 Å². The number of hydrogen-bond acceptors (Lipinski definition) is 7. The maximum Gasteiger partial charge on any atom is 0.368 e. The van der Waals surface area contributed by atoms with Crippen LogP contribution >= 0.6 is 0 Å². The molecule has 152 valence electrons. The summed E-state index contributed by atoms with van der Waals surface area (Å²) in [6.07, 6.45) is 0. The highest BCUT2D eigenvalue weighted by atomic mass is 32.2. The number of benzene rings is 2. The third kappa shape index (κ3) is 4.58. The van der Waals surface area contributed by atoms with Gasteiger partial charge >= 0.3 is 5.69 Å². The number of carbonyl (C=O) groups excluding carboxylic acids is 1. The highest BCUT2D eigenvalue weighted by Crippen LogP contribution is 2.18. The number of nitrogens with zero attached hydrogens (tertiary/aromatic N) is 4. The first kappa shape index (κ1) is 20.4. The van der Waals surface area contributed by atoms with Crippen LogP contribution in [0, 0.1) is 0 Å². The fourth-order valence-electron chi connectivity index (χ4n) is 2.51. The van der Waals surface area contributed by atoms with Crippen LogP contribution < -0.4 is 10.4 Å². The standard InChI is InChI=1S/C18H19N5O5S/c1-13(24)14-3-9-17(10-4-14)29(26,27)19-15-5-7-16(8-6-15)23-18(25)22(20-21-23)11-12-28-2/h3-10,19H,11-12H2,1-2H3. The molecule has 2 aromatic carbocycles. The van der Waals surface area contributed by atoms with Gasteiger partial charge in [-0.3, -0.25) is 9.52 Å². The zero-order valence-electron chi connectivity index (χ0n) is 15.8. The lowest BCUT2D eigenvalue weighted by Gasteiger charge is -2.09. The molecule has 0 atom stereocenters. The number of ether oxygens (including phenoxy) is 1. The third-order valence-corrected chi connectivity index (χ3v) is 5.48. The molecule has 0 amide bonds. The maximum atomic E-state index is 12.5. The van der Waals surface area contributed by atoms with Crippen molar-refractivity contribution >= 4 is 21.5 Å². The molecule has 0 bridgehead atoms. The van der Waals surface area contributed by atoms with Crippen LogP contribution in [0.5, 0.6) is 0 Å². The molecule has 0 aliphatic carbocycles. The summed E-state index contributed by atoms with van der Waals surface area (Å²) in [5.41, 5.74) is 0.745. The number of anilines is 1. The summed E-state index contributed by atoms with van der Waals surface area (Å²) in [6.45, 7) is 2.01. The minimum Gasteiger partial charge on any atom is -0.383 e. The first-order valence-electron chi connectivity index (χ1n) is 8.58. The van der Waals surface area contributed by atoms with Crippen molar-refractivity contribution in [2.75, 3.05) is 18.4 Å². The van der Waals surface area contributed by atoms with E-state index in [0.717, 1.165) is 4.68 Å². The normalized spacial score (nSPS) is 11.4.